The molecule has 0 aromatic heterocycles. The first-order valence-corrected chi connectivity index (χ1v) is 4.43. The van der Waals surface area contributed by atoms with Gasteiger partial charge in [-0.3, -0.25) is 4.79 Å². The minimum atomic E-state index is -0.102. The molecule has 2 heteroatoms. The van der Waals surface area contributed by atoms with Crippen LogP contribution < -0.4 is 5.32 Å². The van der Waals surface area contributed by atoms with Crippen molar-refractivity contribution in [3.05, 3.63) is 36.6 Å². The Balaban J connectivity index is 3.75. The van der Waals surface area contributed by atoms with Gasteiger partial charge in [-0.2, -0.15) is 0 Å². The minimum Gasteiger partial charge on any atom is -0.329 e. The Morgan fingerprint density at radius 1 is 1.31 bits per heavy atom. The summed E-state index contributed by atoms with van der Waals surface area (Å²) >= 11 is 0. The van der Waals surface area contributed by atoms with Crippen LogP contribution in [0.1, 0.15) is 20.8 Å². The van der Waals surface area contributed by atoms with Crippen LogP contribution in [0.3, 0.4) is 0 Å². The topological polar surface area (TPSA) is 29.1 Å². The lowest BCUT2D eigenvalue weighted by molar-refractivity contribution is -0.115. The van der Waals surface area contributed by atoms with Crippen molar-refractivity contribution < 1.29 is 4.79 Å². The second kappa shape index (κ2) is 7.35. The number of carbonyl (C=O) groups excluding carboxylic acids is 1. The summed E-state index contributed by atoms with van der Waals surface area (Å²) in [5.41, 5.74) is 0. The van der Waals surface area contributed by atoms with E-state index in [1.807, 2.05) is 25.2 Å². The van der Waals surface area contributed by atoms with E-state index in [1.165, 1.54) is 6.08 Å². The smallest absolute Gasteiger partial charge is 0.247 e. The normalized spacial score (nSPS) is 12.3. The molecule has 0 bridgehead atoms. The lowest BCUT2D eigenvalue weighted by atomic mass is 10.2. The van der Waals surface area contributed by atoms with E-state index >= 15 is 0 Å². The third-order valence-electron chi connectivity index (χ3n) is 1.26. The van der Waals surface area contributed by atoms with Gasteiger partial charge in [0.1, 0.15) is 0 Å². The number of carbonyl (C=O) groups is 1. The van der Waals surface area contributed by atoms with Crippen molar-refractivity contribution in [1.82, 2.24) is 5.32 Å². The first-order chi connectivity index (χ1) is 6.16. The molecule has 0 heterocycles. The fourth-order valence-electron chi connectivity index (χ4n) is 0.625. The lowest BCUT2D eigenvalue weighted by Gasteiger charge is -1.94. The molecule has 1 N–H and O–H groups in total. The van der Waals surface area contributed by atoms with Crippen molar-refractivity contribution in [2.45, 2.75) is 20.8 Å². The summed E-state index contributed by atoms with van der Waals surface area (Å²) in [6.07, 6.45) is 10.5. The van der Waals surface area contributed by atoms with Crippen molar-refractivity contribution in [3.63, 3.8) is 0 Å². The van der Waals surface area contributed by atoms with Crippen LogP contribution in [0.5, 0.6) is 0 Å². The standard InChI is InChI=1S/C11H17NO/c1-4-5-6-7-11(13)12-9-8-10(2)3/h4-10H,1-3H3,(H,12,13)/b5-4+,7-6+,9-8-. The zero-order chi connectivity index (χ0) is 10.1. The highest BCUT2D eigenvalue weighted by atomic mass is 16.1. The van der Waals surface area contributed by atoms with Gasteiger partial charge < -0.3 is 5.32 Å². The van der Waals surface area contributed by atoms with Gasteiger partial charge in [-0.1, -0.05) is 38.2 Å². The molecule has 0 spiro atoms. The highest BCUT2D eigenvalue weighted by Gasteiger charge is 1.88. The molecule has 0 fully saturated rings. The fraction of sp³-hybridized carbons (Fsp3) is 0.364. The van der Waals surface area contributed by atoms with Gasteiger partial charge in [0.15, 0.2) is 0 Å². The van der Waals surface area contributed by atoms with Crippen LogP contribution >= 0.6 is 0 Å². The Morgan fingerprint density at radius 2 is 2.00 bits per heavy atom. The molecule has 0 aliphatic rings. The Hall–Kier alpha value is -1.31. The van der Waals surface area contributed by atoms with Gasteiger partial charge in [0.25, 0.3) is 0 Å². The molecule has 0 aliphatic heterocycles. The van der Waals surface area contributed by atoms with Crippen LogP contribution in [0.25, 0.3) is 0 Å². The van der Waals surface area contributed by atoms with E-state index in [0.717, 1.165) is 0 Å². The number of amides is 1. The zero-order valence-corrected chi connectivity index (χ0v) is 8.45. The third-order valence-corrected chi connectivity index (χ3v) is 1.26. The highest BCUT2D eigenvalue weighted by molar-refractivity contribution is 5.88. The monoisotopic (exact) mass is 179 g/mol. The van der Waals surface area contributed by atoms with Crippen LogP contribution in [-0.4, -0.2) is 5.91 Å². The van der Waals surface area contributed by atoms with E-state index in [0.29, 0.717) is 5.92 Å². The van der Waals surface area contributed by atoms with Gasteiger partial charge in [-0.15, -0.1) is 0 Å². The highest BCUT2D eigenvalue weighted by Crippen LogP contribution is 1.90. The van der Waals surface area contributed by atoms with Crippen LogP contribution in [0, 0.1) is 5.92 Å². The maximum Gasteiger partial charge on any atom is 0.247 e. The second-order valence-electron chi connectivity index (χ2n) is 3.00. The molecule has 0 saturated heterocycles. The Labute approximate surface area is 80.0 Å². The number of hydrogen-bond acceptors (Lipinski definition) is 1. The molecule has 2 nitrogen and oxygen atoms in total. The molecule has 0 radical (unpaired) electrons. The Bertz CT molecular complexity index is 224. The van der Waals surface area contributed by atoms with E-state index in [-0.39, 0.29) is 5.91 Å². The molecule has 1 amide bonds. The largest absolute Gasteiger partial charge is 0.329 e. The average Bonchev–Trinajstić information content (AvgIpc) is 2.04. The third kappa shape index (κ3) is 8.60. The SMILES string of the molecule is C/C=C/C=C/C(=O)N/C=C\C(C)C. The molecule has 13 heavy (non-hydrogen) atoms. The van der Waals surface area contributed by atoms with Gasteiger partial charge >= 0.3 is 0 Å². The zero-order valence-electron chi connectivity index (χ0n) is 8.45. The quantitative estimate of drug-likeness (QED) is 0.521. The van der Waals surface area contributed by atoms with Gasteiger partial charge in [0.05, 0.1) is 0 Å². The predicted octanol–water partition coefficient (Wildman–Crippen LogP) is 2.40. The second-order valence-corrected chi connectivity index (χ2v) is 3.00. The predicted molar refractivity (Wildman–Crippen MR) is 56.1 cm³/mol. The van der Waals surface area contributed by atoms with Gasteiger partial charge in [0, 0.05) is 12.3 Å². The molecule has 0 aliphatic carbocycles. The number of nitrogens with one attached hydrogen (secondary N) is 1. The van der Waals surface area contributed by atoms with Crippen molar-refractivity contribution in [1.29, 1.82) is 0 Å². The maximum absolute atomic E-state index is 11.0. The van der Waals surface area contributed by atoms with Crippen LogP contribution in [-0.2, 0) is 4.79 Å². The number of allylic oxidation sites excluding steroid dienone is 4. The average molecular weight is 179 g/mol. The van der Waals surface area contributed by atoms with E-state index in [1.54, 1.807) is 12.3 Å². The minimum absolute atomic E-state index is 0.102. The first kappa shape index (κ1) is 11.7. The summed E-state index contributed by atoms with van der Waals surface area (Å²) in [6, 6.07) is 0. The number of hydrogen-bond donors (Lipinski definition) is 1. The van der Waals surface area contributed by atoms with Crippen molar-refractivity contribution in [2.24, 2.45) is 5.92 Å². The first-order valence-electron chi connectivity index (χ1n) is 4.43. The Morgan fingerprint density at radius 3 is 2.54 bits per heavy atom. The molecule has 0 unspecified atom stereocenters. The molecule has 0 atom stereocenters. The van der Waals surface area contributed by atoms with Crippen LogP contribution in [0.2, 0.25) is 0 Å². The lowest BCUT2D eigenvalue weighted by Crippen LogP contribution is -2.13. The summed E-state index contributed by atoms with van der Waals surface area (Å²) in [6.45, 7) is 6.01. The van der Waals surface area contributed by atoms with Crippen molar-refractivity contribution >= 4 is 5.91 Å². The van der Waals surface area contributed by atoms with Crippen molar-refractivity contribution in [3.8, 4) is 0 Å². The van der Waals surface area contributed by atoms with Gasteiger partial charge in [-0.05, 0) is 12.8 Å². The van der Waals surface area contributed by atoms with Gasteiger partial charge in [-0.25, -0.2) is 0 Å². The van der Waals surface area contributed by atoms with E-state index in [2.05, 4.69) is 19.2 Å². The molecular weight excluding hydrogens is 162 g/mol. The summed E-state index contributed by atoms with van der Waals surface area (Å²) in [7, 11) is 0. The molecule has 0 aromatic rings. The maximum atomic E-state index is 11.0. The number of rotatable bonds is 4. The fourth-order valence-corrected chi connectivity index (χ4v) is 0.625. The van der Waals surface area contributed by atoms with Gasteiger partial charge in [0.2, 0.25) is 5.91 Å². The summed E-state index contributed by atoms with van der Waals surface area (Å²) in [5.74, 6) is 0.356. The van der Waals surface area contributed by atoms with E-state index in [9.17, 15) is 4.79 Å². The molecule has 72 valence electrons. The van der Waals surface area contributed by atoms with Crippen LogP contribution in [0.4, 0.5) is 0 Å². The van der Waals surface area contributed by atoms with Crippen molar-refractivity contribution in [2.75, 3.05) is 0 Å². The van der Waals surface area contributed by atoms with Crippen LogP contribution in [0.15, 0.2) is 36.6 Å². The molecule has 0 saturated carbocycles. The summed E-state index contributed by atoms with van der Waals surface area (Å²) in [5, 5.41) is 2.63. The molecular formula is C11H17NO. The summed E-state index contributed by atoms with van der Waals surface area (Å²) in [4.78, 5) is 11.0. The van der Waals surface area contributed by atoms with E-state index < -0.39 is 0 Å². The molecule has 0 aromatic carbocycles. The Kier molecular flexibility index (Phi) is 6.60. The van der Waals surface area contributed by atoms with E-state index in [4.69, 9.17) is 0 Å². The summed E-state index contributed by atoms with van der Waals surface area (Å²) < 4.78 is 0. The molecule has 0 rings (SSSR count).